The summed E-state index contributed by atoms with van der Waals surface area (Å²) in [6, 6.07) is 25.8. The van der Waals surface area contributed by atoms with E-state index in [1.54, 1.807) is 0 Å². The van der Waals surface area contributed by atoms with Gasteiger partial charge in [-0.15, -0.1) is 0 Å². The van der Waals surface area contributed by atoms with Gasteiger partial charge >= 0.3 is 5.97 Å². The smallest absolute Gasteiger partial charge is 0.303 e. The standard InChI is InChI=1S/C30H29N3O3/c34-28(35)14-8-7-13-26-29(22-11-5-2-6-12-22)32-25-16-15-23(19-27(25)31-26)30(36)33-18-17-24(20-33)21-9-3-1-4-10-21/h1-6,9-12,15-16,19,24H,7-8,13-14,17-18,20H2,(H,34,35). The van der Waals surface area contributed by atoms with Gasteiger partial charge in [0.1, 0.15) is 0 Å². The number of carbonyl (C=O) groups is 2. The summed E-state index contributed by atoms with van der Waals surface area (Å²) in [7, 11) is 0. The highest BCUT2D eigenvalue weighted by molar-refractivity contribution is 5.97. The lowest BCUT2D eigenvalue weighted by atomic mass is 9.99. The Morgan fingerprint density at radius 1 is 0.889 bits per heavy atom. The second-order valence-electron chi connectivity index (χ2n) is 9.34. The van der Waals surface area contributed by atoms with E-state index in [4.69, 9.17) is 15.1 Å². The molecule has 6 heteroatoms. The highest BCUT2D eigenvalue weighted by Gasteiger charge is 2.28. The lowest BCUT2D eigenvalue weighted by molar-refractivity contribution is -0.137. The van der Waals surface area contributed by atoms with Gasteiger partial charge in [-0.1, -0.05) is 60.7 Å². The van der Waals surface area contributed by atoms with Crippen LogP contribution < -0.4 is 0 Å². The number of carboxylic acid groups (broad SMARTS) is 1. The van der Waals surface area contributed by atoms with Crippen LogP contribution in [0.15, 0.2) is 78.9 Å². The Labute approximate surface area is 210 Å². The first-order valence-corrected chi connectivity index (χ1v) is 12.5. The number of hydrogen-bond donors (Lipinski definition) is 1. The van der Waals surface area contributed by atoms with Gasteiger partial charge < -0.3 is 10.0 Å². The number of carboxylic acids is 1. The van der Waals surface area contributed by atoms with Crippen LogP contribution in [-0.4, -0.2) is 44.9 Å². The largest absolute Gasteiger partial charge is 0.481 e. The molecular weight excluding hydrogens is 450 g/mol. The zero-order valence-corrected chi connectivity index (χ0v) is 20.1. The van der Waals surface area contributed by atoms with E-state index in [0.717, 1.165) is 35.4 Å². The van der Waals surface area contributed by atoms with Gasteiger partial charge in [0, 0.05) is 36.6 Å². The van der Waals surface area contributed by atoms with Gasteiger partial charge in [0.25, 0.3) is 5.91 Å². The van der Waals surface area contributed by atoms with Crippen molar-refractivity contribution in [3.63, 3.8) is 0 Å². The fourth-order valence-electron chi connectivity index (χ4n) is 4.92. The molecule has 4 aromatic rings. The van der Waals surface area contributed by atoms with Crippen LogP contribution in [0.5, 0.6) is 0 Å². The molecule has 1 saturated heterocycles. The summed E-state index contributed by atoms with van der Waals surface area (Å²) in [4.78, 5) is 36.0. The Hall–Kier alpha value is -4.06. The fraction of sp³-hybridized carbons (Fsp3) is 0.267. The molecule has 5 rings (SSSR count). The van der Waals surface area contributed by atoms with Gasteiger partial charge in [-0.25, -0.2) is 9.97 Å². The minimum Gasteiger partial charge on any atom is -0.481 e. The summed E-state index contributed by atoms with van der Waals surface area (Å²) in [5.74, 6) is -0.407. The van der Waals surface area contributed by atoms with E-state index < -0.39 is 5.97 Å². The number of hydrogen-bond acceptors (Lipinski definition) is 4. The van der Waals surface area contributed by atoms with E-state index in [2.05, 4.69) is 12.1 Å². The van der Waals surface area contributed by atoms with Crippen molar-refractivity contribution >= 4 is 22.9 Å². The van der Waals surface area contributed by atoms with Gasteiger partial charge in [-0.2, -0.15) is 0 Å². The first kappa shape index (κ1) is 23.7. The molecule has 0 bridgehead atoms. The lowest BCUT2D eigenvalue weighted by Gasteiger charge is -2.17. The average molecular weight is 480 g/mol. The molecule has 1 aliphatic rings. The molecule has 2 heterocycles. The molecule has 182 valence electrons. The van der Waals surface area contributed by atoms with Gasteiger partial charge in [0.2, 0.25) is 0 Å². The van der Waals surface area contributed by atoms with Crippen LogP contribution in [0.2, 0.25) is 0 Å². The number of amides is 1. The monoisotopic (exact) mass is 479 g/mol. The summed E-state index contributed by atoms with van der Waals surface area (Å²) in [6.45, 7) is 1.46. The summed E-state index contributed by atoms with van der Waals surface area (Å²) in [5, 5.41) is 8.97. The van der Waals surface area contributed by atoms with Crippen LogP contribution in [-0.2, 0) is 11.2 Å². The van der Waals surface area contributed by atoms with E-state index in [-0.39, 0.29) is 12.3 Å². The maximum Gasteiger partial charge on any atom is 0.303 e. The first-order chi connectivity index (χ1) is 17.6. The molecule has 1 atom stereocenters. The van der Waals surface area contributed by atoms with Gasteiger partial charge in [-0.3, -0.25) is 9.59 Å². The molecule has 1 aromatic heterocycles. The minimum absolute atomic E-state index is 0.0206. The third-order valence-electron chi connectivity index (χ3n) is 6.83. The van der Waals surface area contributed by atoms with Crippen LogP contribution >= 0.6 is 0 Å². The van der Waals surface area contributed by atoms with Crippen LogP contribution in [0, 0.1) is 0 Å². The zero-order valence-electron chi connectivity index (χ0n) is 20.1. The number of unbranched alkanes of at least 4 members (excludes halogenated alkanes) is 1. The molecule has 3 aromatic carbocycles. The number of likely N-dealkylation sites (tertiary alicyclic amines) is 1. The summed E-state index contributed by atoms with van der Waals surface area (Å²) in [5.41, 5.74) is 5.94. The van der Waals surface area contributed by atoms with Crippen LogP contribution in [0.3, 0.4) is 0 Å². The van der Waals surface area contributed by atoms with E-state index in [0.29, 0.717) is 42.8 Å². The van der Waals surface area contributed by atoms with Gasteiger partial charge in [-0.05, 0) is 49.4 Å². The molecule has 1 N–H and O–H groups in total. The molecule has 0 spiro atoms. The second kappa shape index (κ2) is 10.7. The number of aliphatic carboxylic acids is 1. The van der Waals surface area contributed by atoms with Crippen molar-refractivity contribution in [2.75, 3.05) is 13.1 Å². The van der Waals surface area contributed by atoms with Crippen molar-refractivity contribution in [1.29, 1.82) is 0 Å². The summed E-state index contributed by atoms with van der Waals surface area (Å²) >= 11 is 0. The normalized spacial score (nSPS) is 15.3. The quantitative estimate of drug-likeness (QED) is 0.327. The molecule has 1 fully saturated rings. The van der Waals surface area contributed by atoms with E-state index in [9.17, 15) is 9.59 Å². The Morgan fingerprint density at radius 3 is 2.39 bits per heavy atom. The summed E-state index contributed by atoms with van der Waals surface area (Å²) < 4.78 is 0. The molecule has 0 saturated carbocycles. The maximum absolute atomic E-state index is 13.3. The Kier molecular flexibility index (Phi) is 7.03. The highest BCUT2D eigenvalue weighted by atomic mass is 16.4. The number of aryl methyl sites for hydroxylation is 1. The van der Waals surface area contributed by atoms with Crippen molar-refractivity contribution in [3.8, 4) is 11.3 Å². The SMILES string of the molecule is O=C(O)CCCCc1nc2cc(C(=O)N3CCC(c4ccccc4)C3)ccc2nc1-c1ccccc1. The van der Waals surface area contributed by atoms with E-state index in [1.807, 2.05) is 71.6 Å². The third kappa shape index (κ3) is 5.28. The summed E-state index contributed by atoms with van der Waals surface area (Å²) in [6.07, 6.45) is 3.02. The van der Waals surface area contributed by atoms with Crippen LogP contribution in [0.25, 0.3) is 22.3 Å². The Balaban J connectivity index is 1.40. The van der Waals surface area contributed by atoms with Gasteiger partial charge in [0.05, 0.1) is 22.4 Å². The molecular formula is C30H29N3O3. The number of carbonyl (C=O) groups excluding carboxylic acids is 1. The molecule has 0 aliphatic carbocycles. The number of rotatable bonds is 8. The second-order valence-corrected chi connectivity index (χ2v) is 9.34. The van der Waals surface area contributed by atoms with Crippen molar-refractivity contribution in [1.82, 2.24) is 14.9 Å². The highest BCUT2D eigenvalue weighted by Crippen LogP contribution is 2.29. The van der Waals surface area contributed by atoms with Gasteiger partial charge in [0.15, 0.2) is 0 Å². The topological polar surface area (TPSA) is 83.4 Å². The van der Waals surface area contributed by atoms with Crippen molar-refractivity contribution in [2.24, 2.45) is 0 Å². The Bertz CT molecular complexity index is 1370. The predicted molar refractivity (Wildman–Crippen MR) is 140 cm³/mol. The predicted octanol–water partition coefficient (Wildman–Crippen LogP) is 5.72. The number of fused-ring (bicyclic) bond motifs is 1. The molecule has 1 unspecified atom stereocenters. The minimum atomic E-state index is -0.789. The lowest BCUT2D eigenvalue weighted by Crippen LogP contribution is -2.28. The van der Waals surface area contributed by atoms with Crippen LogP contribution in [0.4, 0.5) is 0 Å². The molecule has 36 heavy (non-hydrogen) atoms. The number of benzene rings is 3. The van der Waals surface area contributed by atoms with Crippen LogP contribution in [0.1, 0.15) is 53.2 Å². The average Bonchev–Trinajstić information content (AvgIpc) is 3.41. The first-order valence-electron chi connectivity index (χ1n) is 12.5. The number of nitrogens with zero attached hydrogens (tertiary/aromatic N) is 3. The molecule has 0 radical (unpaired) electrons. The zero-order chi connectivity index (χ0) is 24.9. The molecule has 6 nitrogen and oxygen atoms in total. The van der Waals surface area contributed by atoms with E-state index >= 15 is 0 Å². The number of aromatic nitrogens is 2. The fourth-order valence-corrected chi connectivity index (χ4v) is 4.92. The maximum atomic E-state index is 13.3. The van der Waals surface area contributed by atoms with Crippen molar-refractivity contribution < 1.29 is 14.7 Å². The van der Waals surface area contributed by atoms with E-state index in [1.165, 1.54) is 5.56 Å². The third-order valence-corrected chi connectivity index (χ3v) is 6.83. The van der Waals surface area contributed by atoms with Crippen molar-refractivity contribution in [2.45, 2.75) is 38.0 Å². The van der Waals surface area contributed by atoms with Crippen molar-refractivity contribution in [3.05, 3.63) is 95.7 Å². The Morgan fingerprint density at radius 2 is 1.64 bits per heavy atom. The molecule has 1 amide bonds. The molecule has 1 aliphatic heterocycles.